The monoisotopic (exact) mass is 437 g/mol. The van der Waals surface area contributed by atoms with Crippen molar-refractivity contribution in [1.29, 1.82) is 0 Å². The molecule has 0 spiro atoms. The molecule has 0 radical (unpaired) electrons. The average Bonchev–Trinajstić information content (AvgIpc) is 2.75. The summed E-state index contributed by atoms with van der Waals surface area (Å²) in [6.07, 6.45) is 3.64. The molecule has 162 valence electrons. The van der Waals surface area contributed by atoms with E-state index in [1.165, 1.54) is 19.3 Å². The summed E-state index contributed by atoms with van der Waals surface area (Å²) in [5.41, 5.74) is 3.07. The maximum absolute atomic E-state index is 12.6. The molecule has 3 aromatic rings. The van der Waals surface area contributed by atoms with Crippen LogP contribution in [0.15, 0.2) is 59.5 Å². The van der Waals surface area contributed by atoms with Crippen molar-refractivity contribution in [1.82, 2.24) is 9.97 Å². The van der Waals surface area contributed by atoms with E-state index in [1.54, 1.807) is 42.5 Å². The molecule has 0 aliphatic carbocycles. The molecule has 31 heavy (non-hydrogen) atoms. The van der Waals surface area contributed by atoms with Gasteiger partial charge in [0, 0.05) is 36.2 Å². The summed E-state index contributed by atoms with van der Waals surface area (Å²) in [6.45, 7) is 5.87. The number of rotatable bonds is 6. The third-order valence-electron chi connectivity index (χ3n) is 5.21. The number of piperidine rings is 1. The quantitative estimate of drug-likeness (QED) is 0.585. The molecule has 2 aromatic carbocycles. The van der Waals surface area contributed by atoms with Gasteiger partial charge in [0.1, 0.15) is 5.82 Å². The van der Waals surface area contributed by atoms with Crippen LogP contribution in [-0.4, -0.2) is 31.5 Å². The molecule has 7 nitrogen and oxygen atoms in total. The lowest BCUT2D eigenvalue weighted by Gasteiger charge is -2.28. The SMILES string of the molecule is Cc1cccc(S(=O)(=O)Nc2ccc(Nc3nc(C)cc(N4CCCCC4)n3)cc2)c1. The standard InChI is InChI=1S/C23H27N5O2S/c1-17-7-6-8-21(15-17)31(29,30)27-20-11-9-19(10-12-20)25-23-24-18(2)16-22(26-23)28-13-4-3-5-14-28/h6-12,15-16,27H,3-5,13-14H2,1-2H3,(H,24,25,26). The van der Waals surface area contributed by atoms with Crippen LogP contribution in [0.3, 0.4) is 0 Å². The van der Waals surface area contributed by atoms with Crippen molar-refractivity contribution in [2.75, 3.05) is 28.0 Å². The van der Waals surface area contributed by atoms with E-state index < -0.39 is 10.0 Å². The zero-order valence-corrected chi connectivity index (χ0v) is 18.6. The molecule has 0 amide bonds. The molecule has 0 atom stereocenters. The van der Waals surface area contributed by atoms with Gasteiger partial charge in [-0.05, 0) is 75.1 Å². The second-order valence-corrected chi connectivity index (χ2v) is 9.55. The Labute approximate surface area is 183 Å². The Hall–Kier alpha value is -3.13. The Bertz CT molecular complexity index is 1160. The fraction of sp³-hybridized carbons (Fsp3) is 0.304. The molecule has 4 rings (SSSR count). The zero-order valence-electron chi connectivity index (χ0n) is 17.8. The van der Waals surface area contributed by atoms with E-state index in [2.05, 4.69) is 24.9 Å². The van der Waals surface area contributed by atoms with Gasteiger partial charge in [-0.1, -0.05) is 12.1 Å². The van der Waals surface area contributed by atoms with Crippen LogP contribution in [0.1, 0.15) is 30.5 Å². The first kappa shape index (κ1) is 21.1. The van der Waals surface area contributed by atoms with Crippen LogP contribution in [0.25, 0.3) is 0 Å². The largest absolute Gasteiger partial charge is 0.356 e. The lowest BCUT2D eigenvalue weighted by Crippen LogP contribution is -2.30. The molecule has 0 unspecified atom stereocenters. The summed E-state index contributed by atoms with van der Waals surface area (Å²) < 4.78 is 27.8. The van der Waals surface area contributed by atoms with Crippen LogP contribution >= 0.6 is 0 Å². The third kappa shape index (κ3) is 5.32. The van der Waals surface area contributed by atoms with E-state index in [-0.39, 0.29) is 4.90 Å². The van der Waals surface area contributed by atoms with Crippen LogP contribution in [0.4, 0.5) is 23.1 Å². The second kappa shape index (κ2) is 8.93. The summed E-state index contributed by atoms with van der Waals surface area (Å²) in [5, 5.41) is 3.23. The maximum Gasteiger partial charge on any atom is 0.261 e. The normalized spacial score (nSPS) is 14.3. The minimum absolute atomic E-state index is 0.244. The van der Waals surface area contributed by atoms with Gasteiger partial charge in [-0.2, -0.15) is 4.98 Å². The van der Waals surface area contributed by atoms with Crippen LogP contribution in [0.2, 0.25) is 0 Å². The molecule has 1 aliphatic rings. The van der Waals surface area contributed by atoms with Crippen LogP contribution in [0.5, 0.6) is 0 Å². The second-order valence-electron chi connectivity index (χ2n) is 7.86. The van der Waals surface area contributed by atoms with E-state index in [1.807, 2.05) is 26.0 Å². The minimum Gasteiger partial charge on any atom is -0.356 e. The summed E-state index contributed by atoms with van der Waals surface area (Å²) in [7, 11) is -3.63. The number of hydrogen-bond acceptors (Lipinski definition) is 6. The lowest BCUT2D eigenvalue weighted by molar-refractivity contribution is 0.573. The predicted octanol–water partition coefficient (Wildman–Crippen LogP) is 4.63. The lowest BCUT2D eigenvalue weighted by atomic mass is 10.1. The van der Waals surface area contributed by atoms with Gasteiger partial charge in [0.2, 0.25) is 5.95 Å². The van der Waals surface area contributed by atoms with Crippen molar-refractivity contribution in [2.24, 2.45) is 0 Å². The highest BCUT2D eigenvalue weighted by Gasteiger charge is 2.15. The summed E-state index contributed by atoms with van der Waals surface area (Å²) in [5.74, 6) is 1.48. The highest BCUT2D eigenvalue weighted by Crippen LogP contribution is 2.23. The van der Waals surface area contributed by atoms with Crippen molar-refractivity contribution in [3.05, 3.63) is 65.9 Å². The van der Waals surface area contributed by atoms with Gasteiger partial charge >= 0.3 is 0 Å². The Morgan fingerprint density at radius 3 is 2.29 bits per heavy atom. The number of sulfonamides is 1. The van der Waals surface area contributed by atoms with Crippen molar-refractivity contribution >= 4 is 33.2 Å². The molecule has 0 saturated carbocycles. The Morgan fingerprint density at radius 1 is 0.871 bits per heavy atom. The highest BCUT2D eigenvalue weighted by molar-refractivity contribution is 7.92. The Kier molecular flexibility index (Phi) is 6.08. The topological polar surface area (TPSA) is 87.2 Å². The molecule has 1 aliphatic heterocycles. The fourth-order valence-electron chi connectivity index (χ4n) is 3.64. The smallest absolute Gasteiger partial charge is 0.261 e. The summed E-state index contributed by atoms with van der Waals surface area (Å²) in [6, 6.07) is 15.9. The molecule has 1 saturated heterocycles. The van der Waals surface area contributed by atoms with Gasteiger partial charge in [-0.25, -0.2) is 13.4 Å². The first-order valence-corrected chi connectivity index (χ1v) is 11.9. The van der Waals surface area contributed by atoms with Gasteiger partial charge in [0.25, 0.3) is 10.0 Å². The first-order chi connectivity index (χ1) is 14.9. The summed E-state index contributed by atoms with van der Waals surface area (Å²) >= 11 is 0. The van der Waals surface area contributed by atoms with Crippen LogP contribution in [-0.2, 0) is 10.0 Å². The number of nitrogens with zero attached hydrogens (tertiary/aromatic N) is 3. The Balaban J connectivity index is 1.47. The van der Waals surface area contributed by atoms with Gasteiger partial charge in [-0.15, -0.1) is 0 Å². The van der Waals surface area contributed by atoms with E-state index >= 15 is 0 Å². The predicted molar refractivity (Wildman–Crippen MR) is 125 cm³/mol. The molecule has 2 heterocycles. The summed E-state index contributed by atoms with van der Waals surface area (Å²) in [4.78, 5) is 11.7. The molecular weight excluding hydrogens is 410 g/mol. The molecule has 1 aromatic heterocycles. The average molecular weight is 438 g/mol. The Morgan fingerprint density at radius 2 is 1.58 bits per heavy atom. The number of anilines is 4. The number of hydrogen-bond donors (Lipinski definition) is 2. The number of aromatic nitrogens is 2. The number of benzene rings is 2. The molecular formula is C23H27N5O2S. The van der Waals surface area contributed by atoms with Crippen LogP contribution in [0, 0.1) is 13.8 Å². The van der Waals surface area contributed by atoms with Crippen molar-refractivity contribution in [3.63, 3.8) is 0 Å². The van der Waals surface area contributed by atoms with Gasteiger partial charge in [-0.3, -0.25) is 4.72 Å². The van der Waals surface area contributed by atoms with Gasteiger partial charge in [0.15, 0.2) is 0 Å². The van der Waals surface area contributed by atoms with Crippen molar-refractivity contribution in [3.8, 4) is 0 Å². The fourth-order valence-corrected chi connectivity index (χ4v) is 4.80. The molecule has 1 fully saturated rings. The maximum atomic E-state index is 12.6. The molecule has 2 N–H and O–H groups in total. The van der Waals surface area contributed by atoms with E-state index in [4.69, 9.17) is 0 Å². The van der Waals surface area contributed by atoms with Crippen molar-refractivity contribution in [2.45, 2.75) is 38.0 Å². The van der Waals surface area contributed by atoms with Gasteiger partial charge < -0.3 is 10.2 Å². The zero-order chi connectivity index (χ0) is 21.8. The minimum atomic E-state index is -3.63. The van der Waals surface area contributed by atoms with E-state index in [9.17, 15) is 8.42 Å². The van der Waals surface area contributed by atoms with E-state index in [0.29, 0.717) is 11.6 Å². The van der Waals surface area contributed by atoms with Gasteiger partial charge in [0.05, 0.1) is 4.90 Å². The van der Waals surface area contributed by atoms with Crippen molar-refractivity contribution < 1.29 is 8.42 Å². The molecule has 8 heteroatoms. The number of nitrogens with one attached hydrogen (secondary N) is 2. The first-order valence-electron chi connectivity index (χ1n) is 10.5. The molecule has 0 bridgehead atoms. The highest BCUT2D eigenvalue weighted by atomic mass is 32.2. The van der Waals surface area contributed by atoms with E-state index in [0.717, 1.165) is 35.9 Å². The number of aryl methyl sites for hydroxylation is 2. The van der Waals surface area contributed by atoms with Crippen LogP contribution < -0.4 is 14.9 Å². The third-order valence-corrected chi connectivity index (χ3v) is 6.59.